The second-order valence-corrected chi connectivity index (χ2v) is 5.20. The van der Waals surface area contributed by atoms with Gasteiger partial charge >= 0.3 is 0 Å². The van der Waals surface area contributed by atoms with E-state index in [-0.39, 0.29) is 5.75 Å². The van der Waals surface area contributed by atoms with Crippen LogP contribution in [0.3, 0.4) is 0 Å². The van der Waals surface area contributed by atoms with Crippen molar-refractivity contribution in [2.75, 3.05) is 5.75 Å². The SMILES string of the molecule is C=Cc1ccc(S(=O)(=O)CCC)cc1. The van der Waals surface area contributed by atoms with Crippen LogP contribution in [0.15, 0.2) is 35.7 Å². The van der Waals surface area contributed by atoms with E-state index < -0.39 is 9.84 Å². The molecule has 1 rings (SSSR count). The van der Waals surface area contributed by atoms with Crippen molar-refractivity contribution >= 4 is 15.9 Å². The molecule has 0 bridgehead atoms. The van der Waals surface area contributed by atoms with Crippen molar-refractivity contribution in [3.63, 3.8) is 0 Å². The van der Waals surface area contributed by atoms with Crippen molar-refractivity contribution in [3.05, 3.63) is 36.4 Å². The molecule has 0 N–H and O–H groups in total. The van der Waals surface area contributed by atoms with E-state index in [2.05, 4.69) is 6.58 Å². The first-order valence-electron chi connectivity index (χ1n) is 4.55. The van der Waals surface area contributed by atoms with Gasteiger partial charge in [-0.15, -0.1) is 0 Å². The smallest absolute Gasteiger partial charge is 0.178 e. The Balaban J connectivity index is 3.03. The molecular weight excluding hydrogens is 196 g/mol. The molecule has 0 atom stereocenters. The summed E-state index contributed by atoms with van der Waals surface area (Å²) < 4.78 is 23.2. The summed E-state index contributed by atoms with van der Waals surface area (Å²) in [5, 5.41) is 0. The number of benzene rings is 1. The first-order valence-corrected chi connectivity index (χ1v) is 6.20. The summed E-state index contributed by atoms with van der Waals surface area (Å²) in [6.45, 7) is 5.47. The third kappa shape index (κ3) is 2.45. The van der Waals surface area contributed by atoms with Crippen LogP contribution in [0.5, 0.6) is 0 Å². The summed E-state index contributed by atoms with van der Waals surface area (Å²) in [6, 6.07) is 6.77. The highest BCUT2D eigenvalue weighted by molar-refractivity contribution is 7.91. The van der Waals surface area contributed by atoms with E-state index in [1.165, 1.54) is 0 Å². The van der Waals surface area contributed by atoms with Crippen molar-refractivity contribution in [3.8, 4) is 0 Å². The van der Waals surface area contributed by atoms with Crippen LogP contribution in [0.2, 0.25) is 0 Å². The van der Waals surface area contributed by atoms with Crippen LogP contribution in [0.25, 0.3) is 6.08 Å². The minimum atomic E-state index is -3.07. The van der Waals surface area contributed by atoms with Crippen LogP contribution in [0, 0.1) is 0 Å². The maximum absolute atomic E-state index is 11.6. The number of hydrogen-bond acceptors (Lipinski definition) is 2. The van der Waals surface area contributed by atoms with Crippen molar-refractivity contribution in [1.82, 2.24) is 0 Å². The second kappa shape index (κ2) is 4.42. The fourth-order valence-corrected chi connectivity index (χ4v) is 2.52. The van der Waals surface area contributed by atoms with Gasteiger partial charge in [0, 0.05) is 0 Å². The van der Waals surface area contributed by atoms with Crippen LogP contribution in [0.4, 0.5) is 0 Å². The van der Waals surface area contributed by atoms with Gasteiger partial charge in [0.25, 0.3) is 0 Å². The van der Waals surface area contributed by atoms with Gasteiger partial charge in [-0.3, -0.25) is 0 Å². The summed E-state index contributed by atoms with van der Waals surface area (Å²) in [6.07, 6.45) is 2.34. The van der Waals surface area contributed by atoms with Gasteiger partial charge in [0.15, 0.2) is 9.84 Å². The lowest BCUT2D eigenvalue weighted by Crippen LogP contribution is -2.05. The summed E-state index contributed by atoms with van der Waals surface area (Å²) in [7, 11) is -3.07. The molecule has 0 unspecified atom stereocenters. The van der Waals surface area contributed by atoms with Gasteiger partial charge in [0.1, 0.15) is 0 Å². The molecule has 3 heteroatoms. The first kappa shape index (κ1) is 11.0. The Bertz CT molecular complexity index is 401. The number of sulfone groups is 1. The van der Waals surface area contributed by atoms with Crippen molar-refractivity contribution in [1.29, 1.82) is 0 Å². The molecular formula is C11H14O2S. The van der Waals surface area contributed by atoms with E-state index in [0.717, 1.165) is 5.56 Å². The molecule has 0 saturated heterocycles. The van der Waals surface area contributed by atoms with E-state index in [4.69, 9.17) is 0 Å². The minimum Gasteiger partial charge on any atom is -0.224 e. The summed E-state index contributed by atoms with van der Waals surface area (Å²) >= 11 is 0. The quantitative estimate of drug-likeness (QED) is 0.765. The van der Waals surface area contributed by atoms with E-state index in [0.29, 0.717) is 11.3 Å². The van der Waals surface area contributed by atoms with Crippen molar-refractivity contribution in [2.24, 2.45) is 0 Å². The standard InChI is InChI=1S/C11H14O2S/c1-3-9-14(12,13)11-7-5-10(4-2)6-8-11/h4-8H,2-3,9H2,1H3. The van der Waals surface area contributed by atoms with E-state index in [1.807, 2.05) is 6.92 Å². The van der Waals surface area contributed by atoms with Gasteiger partial charge in [-0.25, -0.2) is 8.42 Å². The van der Waals surface area contributed by atoms with E-state index >= 15 is 0 Å². The number of rotatable bonds is 4. The lowest BCUT2D eigenvalue weighted by molar-refractivity contribution is 0.594. The van der Waals surface area contributed by atoms with Gasteiger partial charge in [-0.05, 0) is 24.1 Å². The maximum atomic E-state index is 11.6. The Morgan fingerprint density at radius 2 is 1.86 bits per heavy atom. The molecule has 0 fully saturated rings. The maximum Gasteiger partial charge on any atom is 0.178 e. The lowest BCUT2D eigenvalue weighted by Gasteiger charge is -2.02. The highest BCUT2D eigenvalue weighted by atomic mass is 32.2. The lowest BCUT2D eigenvalue weighted by atomic mass is 10.2. The monoisotopic (exact) mass is 210 g/mol. The first-order chi connectivity index (χ1) is 6.60. The third-order valence-corrected chi connectivity index (χ3v) is 3.88. The molecule has 0 aliphatic carbocycles. The van der Waals surface area contributed by atoms with Crippen LogP contribution in [0.1, 0.15) is 18.9 Å². The molecule has 0 radical (unpaired) electrons. The van der Waals surface area contributed by atoms with Gasteiger partial charge < -0.3 is 0 Å². The fraction of sp³-hybridized carbons (Fsp3) is 0.273. The van der Waals surface area contributed by atoms with Gasteiger partial charge in [0.2, 0.25) is 0 Å². The Kier molecular flexibility index (Phi) is 3.47. The highest BCUT2D eigenvalue weighted by Crippen LogP contribution is 2.13. The van der Waals surface area contributed by atoms with Crippen LogP contribution in [-0.2, 0) is 9.84 Å². The largest absolute Gasteiger partial charge is 0.224 e. The Morgan fingerprint density at radius 3 is 2.29 bits per heavy atom. The van der Waals surface area contributed by atoms with Gasteiger partial charge in [-0.1, -0.05) is 31.7 Å². The molecule has 1 aromatic carbocycles. The van der Waals surface area contributed by atoms with Crippen molar-refractivity contribution < 1.29 is 8.42 Å². The minimum absolute atomic E-state index is 0.209. The average Bonchev–Trinajstić information content (AvgIpc) is 2.18. The molecule has 76 valence electrons. The Labute approximate surface area is 85.2 Å². The zero-order valence-corrected chi connectivity index (χ0v) is 9.05. The molecule has 0 aromatic heterocycles. The van der Waals surface area contributed by atoms with Gasteiger partial charge in [-0.2, -0.15) is 0 Å². The molecule has 0 saturated carbocycles. The molecule has 2 nitrogen and oxygen atoms in total. The predicted octanol–water partition coefficient (Wildman–Crippen LogP) is 2.51. The Hall–Kier alpha value is -1.09. The second-order valence-electron chi connectivity index (χ2n) is 3.09. The van der Waals surface area contributed by atoms with Crippen LogP contribution in [-0.4, -0.2) is 14.2 Å². The van der Waals surface area contributed by atoms with E-state index in [9.17, 15) is 8.42 Å². The molecule has 0 spiro atoms. The molecule has 0 aliphatic rings. The fourth-order valence-electron chi connectivity index (χ4n) is 1.20. The number of hydrogen-bond donors (Lipinski definition) is 0. The topological polar surface area (TPSA) is 34.1 Å². The highest BCUT2D eigenvalue weighted by Gasteiger charge is 2.11. The summed E-state index contributed by atoms with van der Waals surface area (Å²) in [5.74, 6) is 0.209. The average molecular weight is 210 g/mol. The molecule has 1 aromatic rings. The molecule has 14 heavy (non-hydrogen) atoms. The molecule has 0 aliphatic heterocycles. The zero-order valence-electron chi connectivity index (χ0n) is 8.23. The molecule has 0 amide bonds. The third-order valence-electron chi connectivity index (χ3n) is 1.95. The predicted molar refractivity (Wildman–Crippen MR) is 58.9 cm³/mol. The van der Waals surface area contributed by atoms with Crippen LogP contribution >= 0.6 is 0 Å². The normalized spacial score (nSPS) is 11.2. The Morgan fingerprint density at radius 1 is 1.29 bits per heavy atom. The van der Waals surface area contributed by atoms with Gasteiger partial charge in [0.05, 0.1) is 10.6 Å². The summed E-state index contributed by atoms with van der Waals surface area (Å²) in [5.41, 5.74) is 0.931. The van der Waals surface area contributed by atoms with E-state index in [1.54, 1.807) is 30.3 Å². The van der Waals surface area contributed by atoms with Crippen molar-refractivity contribution in [2.45, 2.75) is 18.2 Å². The zero-order chi connectivity index (χ0) is 10.6. The molecule has 0 heterocycles. The summed E-state index contributed by atoms with van der Waals surface area (Å²) in [4.78, 5) is 0.393. The van der Waals surface area contributed by atoms with Crippen LogP contribution < -0.4 is 0 Å².